The van der Waals surface area contributed by atoms with Gasteiger partial charge in [0.05, 0.1) is 13.2 Å². The summed E-state index contributed by atoms with van der Waals surface area (Å²) in [6, 6.07) is 8.70. The van der Waals surface area contributed by atoms with Crippen LogP contribution in [0.1, 0.15) is 37.3 Å². The van der Waals surface area contributed by atoms with E-state index in [1.165, 1.54) is 12.0 Å². The molecule has 0 saturated carbocycles. The van der Waals surface area contributed by atoms with Crippen LogP contribution in [0.25, 0.3) is 0 Å². The number of rotatable bonds is 6. The van der Waals surface area contributed by atoms with Crippen molar-refractivity contribution in [2.24, 2.45) is 0 Å². The quantitative estimate of drug-likeness (QED) is 0.739. The highest BCUT2D eigenvalue weighted by atomic mass is 79.9. The molecule has 3 heteroatoms. The minimum atomic E-state index is -0.501. The maximum absolute atomic E-state index is 5.89. The smallest absolute Gasteiger partial charge is 0.195 e. The van der Waals surface area contributed by atoms with Crippen LogP contribution in [-0.4, -0.2) is 18.5 Å². The van der Waals surface area contributed by atoms with Crippen LogP contribution in [-0.2, 0) is 21.7 Å². The van der Waals surface area contributed by atoms with Gasteiger partial charge in [-0.1, -0.05) is 53.5 Å². The first kappa shape index (κ1) is 14.0. The van der Waals surface area contributed by atoms with Gasteiger partial charge in [-0.2, -0.15) is 0 Å². The monoisotopic (exact) mass is 312 g/mol. The Kier molecular flexibility index (Phi) is 5.22. The first-order chi connectivity index (χ1) is 8.80. The zero-order valence-corrected chi connectivity index (χ0v) is 12.5. The lowest BCUT2D eigenvalue weighted by Crippen LogP contribution is -2.27. The van der Waals surface area contributed by atoms with Gasteiger partial charge in [-0.15, -0.1) is 0 Å². The molecule has 0 aliphatic carbocycles. The molecule has 2 rings (SSSR count). The molecule has 0 radical (unpaired) electrons. The summed E-state index contributed by atoms with van der Waals surface area (Å²) < 4.78 is 11.8. The molecule has 1 aromatic carbocycles. The predicted octanol–water partition coefficient (Wildman–Crippen LogP) is 4.01. The van der Waals surface area contributed by atoms with E-state index in [0.717, 1.165) is 30.2 Å². The highest BCUT2D eigenvalue weighted by Crippen LogP contribution is 2.36. The fourth-order valence-electron chi connectivity index (χ4n) is 2.42. The van der Waals surface area contributed by atoms with Gasteiger partial charge in [0, 0.05) is 17.3 Å². The summed E-state index contributed by atoms with van der Waals surface area (Å²) in [5.41, 5.74) is 2.54. The van der Waals surface area contributed by atoms with Crippen molar-refractivity contribution < 1.29 is 9.47 Å². The van der Waals surface area contributed by atoms with Crippen molar-refractivity contribution in [2.45, 2.75) is 38.4 Å². The normalized spacial score (nSPS) is 18.1. The van der Waals surface area contributed by atoms with E-state index in [1.807, 2.05) is 0 Å². The molecule has 1 saturated heterocycles. The van der Waals surface area contributed by atoms with E-state index in [4.69, 9.17) is 9.47 Å². The number of alkyl halides is 1. The number of hydrogen-bond acceptors (Lipinski definition) is 2. The van der Waals surface area contributed by atoms with E-state index in [2.05, 4.69) is 47.1 Å². The molecule has 0 spiro atoms. The molecule has 18 heavy (non-hydrogen) atoms. The second kappa shape index (κ2) is 6.69. The minimum Gasteiger partial charge on any atom is -0.343 e. The molecule has 0 atom stereocenters. The maximum atomic E-state index is 5.89. The third-order valence-corrected chi connectivity index (χ3v) is 3.89. The molecule has 0 unspecified atom stereocenters. The van der Waals surface area contributed by atoms with Crippen molar-refractivity contribution in [2.75, 3.05) is 18.5 Å². The lowest BCUT2D eigenvalue weighted by Gasteiger charge is -2.27. The molecule has 0 N–H and O–H groups in total. The van der Waals surface area contributed by atoms with E-state index in [-0.39, 0.29) is 0 Å². The van der Waals surface area contributed by atoms with E-state index in [1.54, 1.807) is 0 Å². The highest BCUT2D eigenvalue weighted by Gasteiger charge is 2.37. The lowest BCUT2D eigenvalue weighted by atomic mass is 9.98. The van der Waals surface area contributed by atoms with Crippen molar-refractivity contribution >= 4 is 15.9 Å². The van der Waals surface area contributed by atoms with Crippen LogP contribution in [0.15, 0.2) is 24.3 Å². The zero-order chi connectivity index (χ0) is 12.8. The van der Waals surface area contributed by atoms with Gasteiger partial charge in [0.15, 0.2) is 5.79 Å². The van der Waals surface area contributed by atoms with Crippen LogP contribution in [0.3, 0.4) is 0 Å². The third kappa shape index (κ3) is 3.14. The van der Waals surface area contributed by atoms with Gasteiger partial charge in [-0.3, -0.25) is 0 Å². The molecule has 0 bridgehead atoms. The summed E-state index contributed by atoms with van der Waals surface area (Å²) in [4.78, 5) is 0. The van der Waals surface area contributed by atoms with E-state index < -0.39 is 5.79 Å². The molecule has 1 fully saturated rings. The first-order valence-electron chi connectivity index (χ1n) is 6.74. The molecular formula is C15H21BrO2. The summed E-state index contributed by atoms with van der Waals surface area (Å²) in [7, 11) is 0. The predicted molar refractivity (Wildman–Crippen MR) is 77.0 cm³/mol. The number of ether oxygens (including phenoxy) is 2. The van der Waals surface area contributed by atoms with Gasteiger partial charge < -0.3 is 9.47 Å². The van der Waals surface area contributed by atoms with E-state index >= 15 is 0 Å². The molecule has 1 aliphatic heterocycles. The Morgan fingerprint density at radius 2 is 1.83 bits per heavy atom. The minimum absolute atomic E-state index is 0.501. The second-order valence-corrected chi connectivity index (χ2v) is 5.48. The molecule has 1 heterocycles. The van der Waals surface area contributed by atoms with Gasteiger partial charge >= 0.3 is 0 Å². The average Bonchev–Trinajstić information content (AvgIpc) is 2.88. The number of halogens is 1. The van der Waals surface area contributed by atoms with Crippen molar-refractivity contribution in [1.82, 2.24) is 0 Å². The summed E-state index contributed by atoms with van der Waals surface area (Å²) in [5.74, 6) is -0.501. The SMILES string of the molecule is CCCc1ccc(C2(CCCBr)OCCO2)cc1. The Balaban J connectivity index is 2.14. The van der Waals surface area contributed by atoms with Crippen LogP contribution >= 0.6 is 15.9 Å². The molecular weight excluding hydrogens is 292 g/mol. The topological polar surface area (TPSA) is 18.5 Å². The Labute approximate surface area is 118 Å². The van der Waals surface area contributed by atoms with Gasteiger partial charge in [-0.25, -0.2) is 0 Å². The van der Waals surface area contributed by atoms with Crippen molar-refractivity contribution in [1.29, 1.82) is 0 Å². The fraction of sp³-hybridized carbons (Fsp3) is 0.600. The number of hydrogen-bond donors (Lipinski definition) is 0. The lowest BCUT2D eigenvalue weighted by molar-refractivity contribution is -0.170. The Morgan fingerprint density at radius 3 is 2.39 bits per heavy atom. The Hall–Kier alpha value is -0.380. The van der Waals surface area contributed by atoms with Crippen molar-refractivity contribution in [3.63, 3.8) is 0 Å². The van der Waals surface area contributed by atoms with Crippen LogP contribution in [0, 0.1) is 0 Å². The highest BCUT2D eigenvalue weighted by molar-refractivity contribution is 9.09. The Morgan fingerprint density at radius 1 is 1.17 bits per heavy atom. The van der Waals surface area contributed by atoms with Gasteiger partial charge in [0.25, 0.3) is 0 Å². The van der Waals surface area contributed by atoms with Crippen molar-refractivity contribution in [3.05, 3.63) is 35.4 Å². The van der Waals surface area contributed by atoms with E-state index in [0.29, 0.717) is 13.2 Å². The van der Waals surface area contributed by atoms with Gasteiger partial charge in [-0.05, 0) is 18.4 Å². The summed E-state index contributed by atoms with van der Waals surface area (Å²) in [6.45, 7) is 3.59. The third-order valence-electron chi connectivity index (χ3n) is 3.33. The molecule has 100 valence electrons. The second-order valence-electron chi connectivity index (χ2n) is 4.69. The van der Waals surface area contributed by atoms with Crippen LogP contribution < -0.4 is 0 Å². The van der Waals surface area contributed by atoms with Crippen LogP contribution in [0.2, 0.25) is 0 Å². The molecule has 0 aromatic heterocycles. The molecule has 1 aromatic rings. The summed E-state index contributed by atoms with van der Waals surface area (Å²) in [5, 5.41) is 0.982. The fourth-order valence-corrected chi connectivity index (χ4v) is 2.70. The molecule has 2 nitrogen and oxygen atoms in total. The molecule has 0 amide bonds. The largest absolute Gasteiger partial charge is 0.343 e. The number of benzene rings is 1. The van der Waals surface area contributed by atoms with E-state index in [9.17, 15) is 0 Å². The molecule has 1 aliphatic rings. The van der Waals surface area contributed by atoms with Gasteiger partial charge in [0.1, 0.15) is 0 Å². The summed E-state index contributed by atoms with van der Waals surface area (Å²) in [6.07, 6.45) is 4.28. The van der Waals surface area contributed by atoms with Gasteiger partial charge in [0.2, 0.25) is 0 Å². The Bertz CT molecular complexity index is 355. The maximum Gasteiger partial charge on any atom is 0.195 e. The van der Waals surface area contributed by atoms with Crippen LogP contribution in [0.5, 0.6) is 0 Å². The van der Waals surface area contributed by atoms with Crippen LogP contribution in [0.4, 0.5) is 0 Å². The average molecular weight is 313 g/mol. The number of aryl methyl sites for hydroxylation is 1. The van der Waals surface area contributed by atoms with Crippen molar-refractivity contribution in [3.8, 4) is 0 Å². The first-order valence-corrected chi connectivity index (χ1v) is 7.86. The zero-order valence-electron chi connectivity index (χ0n) is 11.0. The standard InChI is InChI=1S/C15H21BrO2/c1-2-4-13-5-7-14(8-6-13)15(9-3-10-16)17-11-12-18-15/h5-8H,2-4,9-12H2,1H3. The summed E-state index contributed by atoms with van der Waals surface area (Å²) >= 11 is 3.47.